The average molecular weight is 318 g/mol. The maximum Gasteiger partial charge on any atom is 0.163 e. The van der Waals surface area contributed by atoms with Crippen molar-refractivity contribution in [2.24, 2.45) is 0 Å². The Balaban J connectivity index is 1.62. The number of ether oxygens (including phenoxy) is 4. The van der Waals surface area contributed by atoms with Crippen LogP contribution in [0, 0.1) is 0 Å². The van der Waals surface area contributed by atoms with Gasteiger partial charge in [-0.3, -0.25) is 0 Å². The summed E-state index contributed by atoms with van der Waals surface area (Å²) < 4.78 is 22.3. The third kappa shape index (κ3) is 5.44. The first-order chi connectivity index (χ1) is 10.2. The molecule has 0 aromatic carbocycles. The molecule has 2 aliphatic heterocycles. The third-order valence-electron chi connectivity index (χ3n) is 4.15. The maximum atomic E-state index is 10.1. The van der Waals surface area contributed by atoms with Gasteiger partial charge in [0.05, 0.1) is 37.6 Å². The molecule has 2 aliphatic rings. The molecule has 0 aromatic rings. The quantitative estimate of drug-likeness (QED) is 0.742. The van der Waals surface area contributed by atoms with Crippen LogP contribution in [0.15, 0.2) is 0 Å². The van der Waals surface area contributed by atoms with Gasteiger partial charge >= 0.3 is 0 Å². The number of aliphatic hydroxyl groups excluding tert-OH is 2. The summed E-state index contributed by atoms with van der Waals surface area (Å²) in [5, 5.41) is 20.1. The number of aliphatic hydroxyl groups is 2. The van der Waals surface area contributed by atoms with Gasteiger partial charge in [0.25, 0.3) is 0 Å². The van der Waals surface area contributed by atoms with Gasteiger partial charge in [0, 0.05) is 0 Å². The second-order valence-corrected chi connectivity index (χ2v) is 7.19. The second-order valence-electron chi connectivity index (χ2n) is 7.19. The first-order valence-electron chi connectivity index (χ1n) is 8.16. The Morgan fingerprint density at radius 3 is 1.45 bits per heavy atom. The summed E-state index contributed by atoms with van der Waals surface area (Å²) in [6, 6.07) is 0. The van der Waals surface area contributed by atoms with E-state index in [4.69, 9.17) is 18.9 Å². The van der Waals surface area contributed by atoms with Crippen LogP contribution in [0.3, 0.4) is 0 Å². The Hall–Kier alpha value is -0.240. The minimum absolute atomic E-state index is 0.00999. The summed E-state index contributed by atoms with van der Waals surface area (Å²) in [6.07, 6.45) is 0.839. The van der Waals surface area contributed by atoms with Crippen molar-refractivity contribution in [3.63, 3.8) is 0 Å². The predicted molar refractivity (Wildman–Crippen MR) is 80.3 cm³/mol. The Morgan fingerprint density at radius 2 is 1.18 bits per heavy atom. The lowest BCUT2D eigenvalue weighted by molar-refractivity contribution is -0.141. The molecular formula is C16H30O6. The number of hydrogen-bond acceptors (Lipinski definition) is 6. The summed E-state index contributed by atoms with van der Waals surface area (Å²) in [7, 11) is 0. The smallest absolute Gasteiger partial charge is 0.163 e. The van der Waals surface area contributed by atoms with Gasteiger partial charge in [0.15, 0.2) is 11.6 Å². The first kappa shape index (κ1) is 18.1. The molecule has 4 atom stereocenters. The van der Waals surface area contributed by atoms with E-state index in [2.05, 4.69) is 0 Å². The summed E-state index contributed by atoms with van der Waals surface area (Å²) in [6.45, 7) is 8.59. The van der Waals surface area contributed by atoms with E-state index in [1.807, 2.05) is 27.7 Å². The molecule has 0 bridgehead atoms. The molecule has 0 aromatic heterocycles. The fourth-order valence-corrected chi connectivity index (χ4v) is 2.91. The molecule has 6 heteroatoms. The predicted octanol–water partition coefficient (Wildman–Crippen LogP) is 1.57. The second kappa shape index (κ2) is 7.11. The van der Waals surface area contributed by atoms with E-state index in [-0.39, 0.29) is 12.2 Å². The molecule has 0 saturated carbocycles. The van der Waals surface area contributed by atoms with Crippen LogP contribution in [-0.2, 0) is 18.9 Å². The molecule has 2 saturated heterocycles. The van der Waals surface area contributed by atoms with Crippen molar-refractivity contribution in [2.75, 3.05) is 13.2 Å². The van der Waals surface area contributed by atoms with Crippen molar-refractivity contribution in [1.29, 1.82) is 0 Å². The van der Waals surface area contributed by atoms with Gasteiger partial charge in [-0.25, -0.2) is 0 Å². The largest absolute Gasteiger partial charge is 0.390 e. The van der Waals surface area contributed by atoms with Crippen LogP contribution >= 0.6 is 0 Å². The van der Waals surface area contributed by atoms with Crippen molar-refractivity contribution in [2.45, 2.75) is 89.4 Å². The Bertz CT molecular complexity index is 323. The highest BCUT2D eigenvalue weighted by molar-refractivity contribution is 4.77. The summed E-state index contributed by atoms with van der Waals surface area (Å²) in [5.41, 5.74) is 0. The molecule has 0 spiro atoms. The SMILES string of the molecule is CC1(C)OC[C@H](CC[C@@H](O)[C@H](O)CC[C@H]2COC(C)(C)O2)O1. The van der Waals surface area contributed by atoms with E-state index in [0.717, 1.165) is 0 Å². The highest BCUT2D eigenvalue weighted by atomic mass is 16.7. The van der Waals surface area contributed by atoms with E-state index < -0.39 is 23.8 Å². The lowest BCUT2D eigenvalue weighted by Crippen LogP contribution is -2.29. The maximum absolute atomic E-state index is 10.1. The zero-order valence-electron chi connectivity index (χ0n) is 14.1. The summed E-state index contributed by atoms with van der Waals surface area (Å²) in [5.74, 6) is -1.08. The van der Waals surface area contributed by atoms with Crippen LogP contribution in [0.25, 0.3) is 0 Å². The monoisotopic (exact) mass is 318 g/mol. The Labute approximate surface area is 132 Å². The average Bonchev–Trinajstić information content (AvgIpc) is 2.95. The van der Waals surface area contributed by atoms with Crippen molar-refractivity contribution in [1.82, 2.24) is 0 Å². The molecule has 0 aliphatic carbocycles. The molecule has 2 fully saturated rings. The first-order valence-corrected chi connectivity index (χ1v) is 8.16. The molecular weight excluding hydrogens is 288 g/mol. The fourth-order valence-electron chi connectivity index (χ4n) is 2.91. The molecule has 2 rings (SSSR count). The summed E-state index contributed by atoms with van der Waals surface area (Å²) in [4.78, 5) is 0. The van der Waals surface area contributed by atoms with E-state index in [9.17, 15) is 10.2 Å². The highest BCUT2D eigenvalue weighted by Gasteiger charge is 2.34. The molecule has 22 heavy (non-hydrogen) atoms. The van der Waals surface area contributed by atoms with Gasteiger partial charge in [-0.15, -0.1) is 0 Å². The van der Waals surface area contributed by atoms with Gasteiger partial charge in [-0.1, -0.05) is 0 Å². The van der Waals surface area contributed by atoms with Crippen LogP contribution in [0.5, 0.6) is 0 Å². The fraction of sp³-hybridized carbons (Fsp3) is 1.00. The lowest BCUT2D eigenvalue weighted by Gasteiger charge is -2.21. The lowest BCUT2D eigenvalue weighted by atomic mass is 10.0. The topological polar surface area (TPSA) is 77.4 Å². The van der Waals surface area contributed by atoms with Crippen LogP contribution in [0.2, 0.25) is 0 Å². The molecule has 2 heterocycles. The normalized spacial score (nSPS) is 33.0. The third-order valence-corrected chi connectivity index (χ3v) is 4.15. The van der Waals surface area contributed by atoms with E-state index >= 15 is 0 Å². The van der Waals surface area contributed by atoms with Gasteiger partial charge < -0.3 is 29.2 Å². The van der Waals surface area contributed by atoms with Crippen LogP contribution in [0.1, 0.15) is 53.4 Å². The van der Waals surface area contributed by atoms with Crippen molar-refractivity contribution < 1.29 is 29.2 Å². The highest BCUT2D eigenvalue weighted by Crippen LogP contribution is 2.27. The number of rotatable bonds is 7. The Morgan fingerprint density at radius 1 is 0.818 bits per heavy atom. The van der Waals surface area contributed by atoms with Crippen LogP contribution in [0.4, 0.5) is 0 Å². The standard InChI is InChI=1S/C16H30O6/c1-15(2)19-9-11(21-15)5-7-13(17)14(18)8-6-12-10-20-16(3,4)22-12/h11-14,17-18H,5-10H2,1-4H3/t11-,12-,13+,14+/m0/s1. The molecule has 6 nitrogen and oxygen atoms in total. The van der Waals surface area contributed by atoms with Crippen molar-refractivity contribution in [3.8, 4) is 0 Å². The molecule has 0 unspecified atom stereocenters. The molecule has 0 amide bonds. The van der Waals surface area contributed by atoms with Gasteiger partial charge in [0.2, 0.25) is 0 Å². The summed E-state index contributed by atoms with van der Waals surface area (Å²) >= 11 is 0. The van der Waals surface area contributed by atoms with Crippen LogP contribution in [-0.4, -0.2) is 59.4 Å². The van der Waals surface area contributed by atoms with Crippen molar-refractivity contribution in [3.05, 3.63) is 0 Å². The van der Waals surface area contributed by atoms with Gasteiger partial charge in [-0.2, -0.15) is 0 Å². The van der Waals surface area contributed by atoms with E-state index in [0.29, 0.717) is 38.9 Å². The zero-order valence-corrected chi connectivity index (χ0v) is 14.1. The molecule has 2 N–H and O–H groups in total. The minimum atomic E-state index is -0.748. The van der Waals surface area contributed by atoms with Crippen molar-refractivity contribution >= 4 is 0 Å². The molecule has 0 radical (unpaired) electrons. The Kier molecular flexibility index (Phi) is 5.85. The molecule has 130 valence electrons. The minimum Gasteiger partial charge on any atom is -0.390 e. The van der Waals surface area contributed by atoms with Crippen LogP contribution < -0.4 is 0 Å². The number of hydrogen-bond donors (Lipinski definition) is 2. The van der Waals surface area contributed by atoms with Gasteiger partial charge in [-0.05, 0) is 53.4 Å². The van der Waals surface area contributed by atoms with E-state index in [1.165, 1.54) is 0 Å². The van der Waals surface area contributed by atoms with E-state index in [1.54, 1.807) is 0 Å². The zero-order chi connectivity index (χ0) is 16.4. The van der Waals surface area contributed by atoms with Gasteiger partial charge in [0.1, 0.15) is 0 Å².